The normalized spacial score (nSPS) is 17.3. The minimum Gasteiger partial charge on any atom is -0.492 e. The van der Waals surface area contributed by atoms with Gasteiger partial charge in [-0.15, -0.1) is 0 Å². The molecule has 1 atom stereocenters. The van der Waals surface area contributed by atoms with E-state index in [2.05, 4.69) is 41.6 Å². The van der Waals surface area contributed by atoms with Crippen molar-refractivity contribution in [3.05, 3.63) is 29.8 Å². The molecule has 1 aliphatic heterocycles. The summed E-state index contributed by atoms with van der Waals surface area (Å²) < 4.78 is 16.9. The van der Waals surface area contributed by atoms with Crippen molar-refractivity contribution in [1.29, 1.82) is 0 Å². The third-order valence-corrected chi connectivity index (χ3v) is 4.07. The molecule has 0 radical (unpaired) electrons. The highest BCUT2D eigenvalue weighted by Crippen LogP contribution is 2.12. The highest BCUT2D eigenvalue weighted by molar-refractivity contribution is 5.79. The molecule has 2 N–H and O–H groups in total. The molecule has 2 rings (SSSR count). The lowest BCUT2D eigenvalue weighted by Crippen LogP contribution is -2.39. The molecule has 0 saturated carbocycles. The Hall–Kier alpha value is -1.79. The Bertz CT molecular complexity index is 514. The van der Waals surface area contributed by atoms with Crippen molar-refractivity contribution in [3.63, 3.8) is 0 Å². The number of nitrogens with zero attached hydrogens (tertiary/aromatic N) is 1. The Morgan fingerprint density at radius 2 is 2.08 bits per heavy atom. The van der Waals surface area contributed by atoms with E-state index in [4.69, 9.17) is 14.2 Å². The third kappa shape index (κ3) is 8.54. The first-order chi connectivity index (χ1) is 12.8. The predicted octanol–water partition coefficient (Wildman–Crippen LogP) is 2.51. The number of hydrogen-bond acceptors (Lipinski definition) is 4. The Labute approximate surface area is 157 Å². The first kappa shape index (κ1) is 20.5. The van der Waals surface area contributed by atoms with E-state index in [1.807, 2.05) is 12.1 Å². The molecule has 1 unspecified atom stereocenters. The van der Waals surface area contributed by atoms with Crippen LogP contribution in [0.3, 0.4) is 0 Å². The summed E-state index contributed by atoms with van der Waals surface area (Å²) in [7, 11) is 0. The molecule has 1 heterocycles. The van der Waals surface area contributed by atoms with Crippen LogP contribution in [0.5, 0.6) is 5.75 Å². The summed E-state index contributed by atoms with van der Waals surface area (Å²) in [5.74, 6) is 1.71. The number of hydrogen-bond donors (Lipinski definition) is 2. The fourth-order valence-electron chi connectivity index (χ4n) is 2.66. The quantitative estimate of drug-likeness (QED) is 0.359. The van der Waals surface area contributed by atoms with Crippen LogP contribution in [0.15, 0.2) is 29.3 Å². The summed E-state index contributed by atoms with van der Waals surface area (Å²) in [5, 5.41) is 6.54. The molecule has 6 nitrogen and oxygen atoms in total. The molecule has 0 aromatic heterocycles. The molecular weight excluding hydrogens is 330 g/mol. The minimum absolute atomic E-state index is 0.297. The molecule has 1 aliphatic rings. The van der Waals surface area contributed by atoms with Crippen LogP contribution in [0.25, 0.3) is 0 Å². The van der Waals surface area contributed by atoms with Gasteiger partial charge < -0.3 is 24.8 Å². The number of rotatable bonds is 11. The van der Waals surface area contributed by atoms with Gasteiger partial charge in [0.15, 0.2) is 5.96 Å². The molecule has 0 aliphatic carbocycles. The number of nitrogens with one attached hydrogen (secondary N) is 2. The zero-order valence-electron chi connectivity index (χ0n) is 16.1. The Kier molecular flexibility index (Phi) is 9.90. The molecule has 26 heavy (non-hydrogen) atoms. The van der Waals surface area contributed by atoms with E-state index in [1.165, 1.54) is 5.56 Å². The van der Waals surface area contributed by atoms with E-state index in [0.717, 1.165) is 57.3 Å². The molecule has 0 amide bonds. The van der Waals surface area contributed by atoms with Crippen molar-refractivity contribution >= 4 is 5.96 Å². The molecule has 0 spiro atoms. The van der Waals surface area contributed by atoms with E-state index in [1.54, 1.807) is 0 Å². The second-order valence-electron chi connectivity index (χ2n) is 6.41. The van der Waals surface area contributed by atoms with Crippen LogP contribution in [-0.2, 0) is 9.47 Å². The maximum absolute atomic E-state index is 5.72. The first-order valence-corrected chi connectivity index (χ1v) is 9.69. The summed E-state index contributed by atoms with van der Waals surface area (Å²) >= 11 is 0. The standard InChI is InChI=1S/C20H33N3O3/c1-3-21-20(22-11-5-13-24-16-19-6-4-14-25-19)23-12-15-26-18-9-7-17(2)8-10-18/h7-10,19H,3-6,11-16H2,1-2H3,(H2,21,22,23). The Morgan fingerprint density at radius 1 is 1.23 bits per heavy atom. The SMILES string of the molecule is CCNC(=NCCCOCC1CCCO1)NCCOc1ccc(C)cc1. The van der Waals surface area contributed by atoms with Crippen LogP contribution in [0.1, 0.15) is 31.7 Å². The maximum atomic E-state index is 5.72. The zero-order chi connectivity index (χ0) is 18.5. The van der Waals surface area contributed by atoms with E-state index in [9.17, 15) is 0 Å². The lowest BCUT2D eigenvalue weighted by Gasteiger charge is -2.12. The lowest BCUT2D eigenvalue weighted by atomic mass is 10.2. The molecule has 146 valence electrons. The third-order valence-electron chi connectivity index (χ3n) is 4.07. The molecule has 6 heteroatoms. The average Bonchev–Trinajstić information content (AvgIpc) is 3.16. The molecule has 1 fully saturated rings. The highest BCUT2D eigenvalue weighted by Gasteiger charge is 2.14. The van der Waals surface area contributed by atoms with Crippen LogP contribution in [0, 0.1) is 6.92 Å². The summed E-state index contributed by atoms with van der Waals surface area (Å²) in [6, 6.07) is 8.08. The van der Waals surface area contributed by atoms with Gasteiger partial charge >= 0.3 is 0 Å². The number of benzene rings is 1. The molecular formula is C20H33N3O3. The van der Waals surface area contributed by atoms with E-state index >= 15 is 0 Å². The van der Waals surface area contributed by atoms with Crippen LogP contribution < -0.4 is 15.4 Å². The monoisotopic (exact) mass is 363 g/mol. The molecule has 0 bridgehead atoms. The van der Waals surface area contributed by atoms with Gasteiger partial charge in [-0.05, 0) is 45.2 Å². The topological polar surface area (TPSA) is 64.1 Å². The molecule has 1 saturated heterocycles. The second kappa shape index (κ2) is 12.5. The fourth-order valence-corrected chi connectivity index (χ4v) is 2.66. The zero-order valence-corrected chi connectivity index (χ0v) is 16.1. The van der Waals surface area contributed by atoms with Crippen LogP contribution >= 0.6 is 0 Å². The first-order valence-electron chi connectivity index (χ1n) is 9.69. The second-order valence-corrected chi connectivity index (χ2v) is 6.41. The van der Waals surface area contributed by atoms with Crippen LogP contribution in [0.4, 0.5) is 0 Å². The largest absolute Gasteiger partial charge is 0.492 e. The van der Waals surface area contributed by atoms with Gasteiger partial charge in [0, 0.05) is 26.3 Å². The summed E-state index contributed by atoms with van der Waals surface area (Å²) in [4.78, 5) is 4.57. The number of guanidine groups is 1. The van der Waals surface area contributed by atoms with Gasteiger partial charge in [-0.3, -0.25) is 4.99 Å². The van der Waals surface area contributed by atoms with Gasteiger partial charge in [0.2, 0.25) is 0 Å². The molecule has 1 aromatic rings. The van der Waals surface area contributed by atoms with Gasteiger partial charge in [-0.25, -0.2) is 0 Å². The van der Waals surface area contributed by atoms with Crippen molar-refractivity contribution in [2.45, 2.75) is 39.2 Å². The number of aliphatic imine (C=N–C) groups is 1. The molecule has 1 aromatic carbocycles. The van der Waals surface area contributed by atoms with Gasteiger partial charge in [-0.1, -0.05) is 17.7 Å². The fraction of sp³-hybridized carbons (Fsp3) is 0.650. The average molecular weight is 364 g/mol. The lowest BCUT2D eigenvalue weighted by molar-refractivity contribution is 0.0171. The number of ether oxygens (including phenoxy) is 3. The van der Waals surface area contributed by atoms with E-state index < -0.39 is 0 Å². The van der Waals surface area contributed by atoms with Crippen molar-refractivity contribution < 1.29 is 14.2 Å². The van der Waals surface area contributed by atoms with Crippen LogP contribution in [0.2, 0.25) is 0 Å². The summed E-state index contributed by atoms with van der Waals surface area (Å²) in [6.07, 6.45) is 3.48. The summed E-state index contributed by atoms with van der Waals surface area (Å²) in [5.41, 5.74) is 1.23. The minimum atomic E-state index is 0.297. The summed E-state index contributed by atoms with van der Waals surface area (Å²) in [6.45, 7) is 9.30. The van der Waals surface area contributed by atoms with Gasteiger partial charge in [0.05, 0.1) is 19.3 Å². The van der Waals surface area contributed by atoms with Gasteiger partial charge in [0.25, 0.3) is 0 Å². The van der Waals surface area contributed by atoms with Crippen LogP contribution in [-0.4, -0.2) is 58.1 Å². The van der Waals surface area contributed by atoms with Gasteiger partial charge in [0.1, 0.15) is 12.4 Å². The highest BCUT2D eigenvalue weighted by atomic mass is 16.5. The van der Waals surface area contributed by atoms with Crippen molar-refractivity contribution in [2.75, 3.05) is 46.1 Å². The van der Waals surface area contributed by atoms with E-state index in [-0.39, 0.29) is 0 Å². The smallest absolute Gasteiger partial charge is 0.191 e. The Morgan fingerprint density at radius 3 is 2.81 bits per heavy atom. The van der Waals surface area contributed by atoms with Crippen molar-refractivity contribution in [3.8, 4) is 5.75 Å². The van der Waals surface area contributed by atoms with Crippen molar-refractivity contribution in [1.82, 2.24) is 10.6 Å². The Balaban J connectivity index is 1.55. The number of aryl methyl sites for hydroxylation is 1. The van der Waals surface area contributed by atoms with E-state index in [0.29, 0.717) is 25.9 Å². The maximum Gasteiger partial charge on any atom is 0.191 e. The predicted molar refractivity (Wildman–Crippen MR) is 105 cm³/mol. The van der Waals surface area contributed by atoms with Gasteiger partial charge in [-0.2, -0.15) is 0 Å². The van der Waals surface area contributed by atoms with Crippen molar-refractivity contribution in [2.24, 2.45) is 4.99 Å².